The number of rotatable bonds is 7. The number of carbonyl (C=O) groups is 3. The van der Waals surface area contributed by atoms with Crippen molar-refractivity contribution in [1.82, 2.24) is 9.58 Å². The zero-order valence-corrected chi connectivity index (χ0v) is 44.3. The molecule has 0 spiro atoms. The number of benzene rings is 3. The lowest BCUT2D eigenvalue weighted by Crippen LogP contribution is -2.46. The summed E-state index contributed by atoms with van der Waals surface area (Å²) >= 11 is 0. The number of hydrazone groups is 1. The van der Waals surface area contributed by atoms with Gasteiger partial charge in [0.1, 0.15) is 29.2 Å². The monoisotopic (exact) mass is 1050 g/mol. The number of hydrogen-bond donors (Lipinski definition) is 7. The van der Waals surface area contributed by atoms with Crippen LogP contribution in [0.5, 0.6) is 17.2 Å². The first-order chi connectivity index (χ1) is 35.9. The lowest BCUT2D eigenvalue weighted by atomic mass is 9.78. The molecule has 5 bridgehead atoms. The molecule has 18 nitrogen and oxygen atoms in total. The topological polar surface area (TPSA) is 253 Å². The number of phenolic OH excluding ortho intramolecular Hbond substituents is 3. The Morgan fingerprint density at radius 2 is 1.63 bits per heavy atom. The van der Waals surface area contributed by atoms with Crippen molar-refractivity contribution in [2.75, 3.05) is 43.5 Å². The number of anilines is 2. The number of phenols is 3. The van der Waals surface area contributed by atoms with Gasteiger partial charge in [-0.05, 0) is 62.9 Å². The summed E-state index contributed by atoms with van der Waals surface area (Å²) in [7, 11) is 1.45. The minimum Gasteiger partial charge on any atom is -0.508 e. The van der Waals surface area contributed by atoms with Gasteiger partial charge in [0.05, 0.1) is 77.3 Å². The molecule has 9 atom stereocenters. The molecular formula is C57H68FN5O13. The fourth-order valence-corrected chi connectivity index (χ4v) is 11.0. The third kappa shape index (κ3) is 10.1. The summed E-state index contributed by atoms with van der Waals surface area (Å²) in [6.45, 7) is 17.3. The molecule has 4 aromatic rings. The van der Waals surface area contributed by atoms with Crippen LogP contribution in [0.1, 0.15) is 100.0 Å². The highest BCUT2D eigenvalue weighted by Crippen LogP contribution is 2.53. The van der Waals surface area contributed by atoms with Gasteiger partial charge in [0.15, 0.2) is 16.8 Å². The molecule has 2 fully saturated rings. The van der Waals surface area contributed by atoms with Gasteiger partial charge in [-0.2, -0.15) is 5.10 Å². The number of nitrogens with zero attached hydrogens (tertiary/aromatic N) is 4. The van der Waals surface area contributed by atoms with Crippen molar-refractivity contribution < 1.29 is 63.6 Å². The fourth-order valence-electron chi connectivity index (χ4n) is 11.0. The van der Waals surface area contributed by atoms with E-state index in [-0.39, 0.29) is 94.0 Å². The number of Topliss-reactive ketones (excluding diaryl/α,β-unsaturated/α-hetero) is 1. The molecule has 9 rings (SSSR count). The maximum Gasteiger partial charge on any atom is 0.302 e. The Kier molecular flexibility index (Phi) is 15.5. The van der Waals surface area contributed by atoms with Crippen LogP contribution in [0.4, 0.5) is 15.8 Å². The molecule has 1 saturated heterocycles. The Morgan fingerprint density at radius 3 is 2.26 bits per heavy atom. The van der Waals surface area contributed by atoms with Gasteiger partial charge in [-0.1, -0.05) is 52.5 Å². The van der Waals surface area contributed by atoms with E-state index < -0.39 is 106 Å². The van der Waals surface area contributed by atoms with Crippen LogP contribution in [0.3, 0.4) is 0 Å². The molecule has 1 amide bonds. The van der Waals surface area contributed by atoms with Crippen LogP contribution in [0.15, 0.2) is 70.9 Å². The molecule has 4 heterocycles. The molecule has 3 aromatic carbocycles. The number of aromatic nitrogens is 1. The number of aliphatic hydroxyl groups excluding tert-OH is 3. The predicted octanol–water partition coefficient (Wildman–Crippen LogP) is 7.43. The maximum absolute atomic E-state index is 16.0. The number of ether oxygens (including phenoxy) is 3. The van der Waals surface area contributed by atoms with Crippen molar-refractivity contribution in [1.29, 1.82) is 0 Å². The van der Waals surface area contributed by atoms with E-state index in [1.54, 1.807) is 77.0 Å². The first-order valence-electron chi connectivity index (χ1n) is 25.6. The fraction of sp³-hybridized carbons (Fsp3) is 0.456. The van der Waals surface area contributed by atoms with Gasteiger partial charge in [0.25, 0.3) is 5.91 Å². The average Bonchev–Trinajstić information content (AvgIpc) is 4.20. The van der Waals surface area contributed by atoms with Gasteiger partial charge in [-0.15, -0.1) is 0 Å². The summed E-state index contributed by atoms with van der Waals surface area (Å²) in [4.78, 5) is 56.5. The zero-order valence-electron chi connectivity index (χ0n) is 44.3. The highest BCUT2D eigenvalue weighted by atomic mass is 19.1. The minimum absolute atomic E-state index is 0.00816. The number of amides is 1. The number of allylic oxidation sites excluding steroid dienone is 2. The summed E-state index contributed by atoms with van der Waals surface area (Å²) in [5, 5.41) is 78.4. The van der Waals surface area contributed by atoms with Crippen molar-refractivity contribution in [3.63, 3.8) is 0 Å². The van der Waals surface area contributed by atoms with E-state index in [0.29, 0.717) is 11.1 Å². The van der Waals surface area contributed by atoms with Crippen molar-refractivity contribution in [2.24, 2.45) is 28.8 Å². The SMILES string of the molecule is C=C(O)c1cn(C2CC2)c2cc(N3CCN(/N=C/c4c5c(O)c6c(O)c(C)c7c(c6c4O)C(=O)[C@](C)(C7)O/C=C/[C@H](OC)[C@@H](C)[C@@H](OC(C)=O)[C@H](C)[C@H](O)[C@H](C)[C@@H](O)[C@@H](C)/C=C/C=C(/C)C(=O)N5)CC3)c(F)cc2c1=O. The number of nitrogens with one attached hydrogen (secondary N) is 1. The third-order valence-corrected chi connectivity index (χ3v) is 15.8. The summed E-state index contributed by atoms with van der Waals surface area (Å²) in [5.41, 5.74) is -1.24. The van der Waals surface area contributed by atoms with Crippen LogP contribution in [-0.2, 0) is 30.2 Å². The van der Waals surface area contributed by atoms with Crippen molar-refractivity contribution in [3.05, 3.63) is 105 Å². The molecule has 76 heavy (non-hydrogen) atoms. The van der Waals surface area contributed by atoms with E-state index in [1.807, 2.05) is 9.47 Å². The first-order valence-corrected chi connectivity index (χ1v) is 25.6. The summed E-state index contributed by atoms with van der Waals surface area (Å²) in [6.07, 6.45) is 8.03. The van der Waals surface area contributed by atoms with Crippen molar-refractivity contribution >= 4 is 62.7 Å². The smallest absolute Gasteiger partial charge is 0.302 e. The van der Waals surface area contributed by atoms with E-state index in [2.05, 4.69) is 17.0 Å². The van der Waals surface area contributed by atoms with Crippen LogP contribution < -0.4 is 15.6 Å². The lowest BCUT2D eigenvalue weighted by molar-refractivity contribution is -0.160. The zero-order chi connectivity index (χ0) is 55.4. The number of methoxy groups -OCH3 is 1. The quantitative estimate of drug-likeness (QED) is 0.0312. The second-order valence-corrected chi connectivity index (χ2v) is 21.1. The number of aromatic hydroxyl groups is 3. The third-order valence-electron chi connectivity index (χ3n) is 15.8. The first kappa shape index (κ1) is 55.0. The van der Waals surface area contributed by atoms with Crippen molar-refractivity contribution in [3.8, 4) is 17.2 Å². The Hall–Kier alpha value is -7.22. The van der Waals surface area contributed by atoms with E-state index >= 15 is 4.39 Å². The van der Waals surface area contributed by atoms with Crippen LogP contribution >= 0.6 is 0 Å². The molecule has 0 radical (unpaired) electrons. The van der Waals surface area contributed by atoms with Crippen LogP contribution in [0, 0.1) is 36.4 Å². The van der Waals surface area contributed by atoms with Crippen LogP contribution in [-0.4, -0.2) is 127 Å². The van der Waals surface area contributed by atoms with E-state index in [1.165, 1.54) is 45.6 Å². The highest BCUT2D eigenvalue weighted by Gasteiger charge is 2.47. The maximum atomic E-state index is 16.0. The number of fused-ring (bicyclic) bond motifs is 15. The molecule has 0 unspecified atom stereocenters. The second-order valence-electron chi connectivity index (χ2n) is 21.1. The van der Waals surface area contributed by atoms with Gasteiger partial charge < -0.3 is 59.6 Å². The summed E-state index contributed by atoms with van der Waals surface area (Å²) in [6, 6.07) is 2.92. The average molecular weight is 1050 g/mol. The van der Waals surface area contributed by atoms with Crippen LogP contribution in [0.2, 0.25) is 0 Å². The Morgan fingerprint density at radius 1 is 0.947 bits per heavy atom. The molecule has 19 heteroatoms. The van der Waals surface area contributed by atoms with Crippen LogP contribution in [0.25, 0.3) is 27.4 Å². The predicted molar refractivity (Wildman–Crippen MR) is 286 cm³/mol. The second kappa shape index (κ2) is 21.4. The molecule has 3 aliphatic heterocycles. The van der Waals surface area contributed by atoms with Gasteiger partial charge >= 0.3 is 5.97 Å². The van der Waals surface area contributed by atoms with E-state index in [9.17, 15) is 49.8 Å². The van der Waals surface area contributed by atoms with Gasteiger partial charge in [0, 0.05) is 91.4 Å². The highest BCUT2D eigenvalue weighted by molar-refractivity contribution is 6.23. The number of esters is 1. The molecule has 1 saturated carbocycles. The molecule has 1 aromatic heterocycles. The molecule has 5 aliphatic rings. The lowest BCUT2D eigenvalue weighted by Gasteiger charge is -2.38. The van der Waals surface area contributed by atoms with Gasteiger partial charge in [-0.25, -0.2) is 4.39 Å². The number of pyridine rings is 1. The van der Waals surface area contributed by atoms with Crippen molar-refractivity contribution in [2.45, 2.75) is 111 Å². The Labute approximate surface area is 439 Å². The number of hydrogen-bond acceptors (Lipinski definition) is 16. The number of ketones is 1. The molecule has 7 N–H and O–H groups in total. The number of piperazine rings is 1. The number of aliphatic hydroxyl groups is 3. The van der Waals surface area contributed by atoms with Gasteiger partial charge in [0.2, 0.25) is 5.78 Å². The summed E-state index contributed by atoms with van der Waals surface area (Å²) < 4.78 is 35.7. The molecule has 406 valence electrons. The molecular weight excluding hydrogens is 982 g/mol. The Balaban J connectivity index is 1.18. The van der Waals surface area contributed by atoms with Gasteiger partial charge in [-0.3, -0.25) is 24.2 Å². The Bertz CT molecular complexity index is 3210. The van der Waals surface area contributed by atoms with E-state index in [0.717, 1.165) is 12.8 Å². The summed E-state index contributed by atoms with van der Waals surface area (Å²) in [5.74, 6) is -7.23. The number of halogens is 1. The van der Waals surface area contributed by atoms with E-state index in [4.69, 9.17) is 14.2 Å². The normalized spacial score (nSPS) is 28.4. The minimum atomic E-state index is -1.63. The molecule has 2 aliphatic carbocycles. The standard InChI is InChI=1S/C57H68FN5O13/c1-27-12-11-13-28(2)56(73)60-47-38(25-59-62-19-17-61(18-20-62)42-23-41-36(22-40(42)58)51(69)39(33(7)64)26-63(41)35-14-15-35)52(70)45-44-37(29(3)50(68)46(45)53(47)71)24-57(9,55(44)72)75-21-16-43(74-10)30(4)54(76-34(8)65)32(6)49(67)31(5)48(27)66/h11-13,16,21-23,25-27,30-32,35,43,48-49,54,64,66-68,70-71H,7,14-15,17-20,24H2,1-6,8-10H3,(H,60,73)/b12-11+,21-16+,28-13-,59-25+/t27-,30+,31+,32+,43-,48-,49+,54+,57-/m0/s1. The number of carbonyl (C=O) groups excluding carboxylic acids is 3. The largest absolute Gasteiger partial charge is 0.508 e.